The third-order valence-electron chi connectivity index (χ3n) is 6.33. The topological polar surface area (TPSA) is 115 Å². The van der Waals surface area contributed by atoms with Crippen LogP contribution in [0.2, 0.25) is 0 Å². The first kappa shape index (κ1) is 26.0. The molecule has 1 saturated heterocycles. The molecular formula is C27H34N4O4. The van der Waals surface area contributed by atoms with Crippen molar-refractivity contribution in [2.24, 2.45) is 0 Å². The van der Waals surface area contributed by atoms with Crippen molar-refractivity contribution in [1.82, 2.24) is 0 Å². The number of nitriles is 1. The van der Waals surface area contributed by atoms with Gasteiger partial charge in [0.25, 0.3) is 0 Å². The summed E-state index contributed by atoms with van der Waals surface area (Å²) in [7, 11) is 0. The van der Waals surface area contributed by atoms with Crippen LogP contribution in [0.25, 0.3) is 0 Å². The molecule has 35 heavy (non-hydrogen) atoms. The van der Waals surface area contributed by atoms with Gasteiger partial charge in [0.1, 0.15) is 0 Å². The number of carbonyl (C=O) groups excluding carboxylic acids is 1. The van der Waals surface area contributed by atoms with E-state index in [1.807, 2.05) is 25.1 Å². The third kappa shape index (κ3) is 7.20. The van der Waals surface area contributed by atoms with E-state index in [-0.39, 0.29) is 12.3 Å². The van der Waals surface area contributed by atoms with E-state index in [1.165, 1.54) is 0 Å². The van der Waals surface area contributed by atoms with Crippen molar-refractivity contribution in [3.63, 3.8) is 0 Å². The number of carbonyl (C=O) groups is 2. The van der Waals surface area contributed by atoms with Gasteiger partial charge < -0.3 is 25.4 Å². The normalized spacial score (nSPS) is 14.5. The number of anilines is 3. The highest BCUT2D eigenvalue weighted by Crippen LogP contribution is 2.35. The zero-order valence-corrected chi connectivity index (χ0v) is 20.4. The summed E-state index contributed by atoms with van der Waals surface area (Å²) in [6.45, 7) is 6.36. The lowest BCUT2D eigenvalue weighted by Gasteiger charge is -2.37. The number of carboxylic acid groups (broad SMARTS) is 1. The van der Waals surface area contributed by atoms with Gasteiger partial charge in [0.15, 0.2) is 0 Å². The monoisotopic (exact) mass is 478 g/mol. The van der Waals surface area contributed by atoms with Crippen LogP contribution in [0, 0.1) is 11.3 Å². The van der Waals surface area contributed by atoms with Crippen LogP contribution in [0.15, 0.2) is 42.5 Å². The fraction of sp³-hybridized carbons (Fsp3) is 0.444. The Labute approximate surface area is 206 Å². The number of urea groups is 1. The number of amides is 2. The highest BCUT2D eigenvalue weighted by atomic mass is 16.5. The number of aliphatic carboxylic acids is 1. The van der Waals surface area contributed by atoms with Crippen LogP contribution in [0.4, 0.5) is 21.9 Å². The van der Waals surface area contributed by atoms with Crippen LogP contribution in [-0.4, -0.2) is 42.9 Å². The fourth-order valence-electron chi connectivity index (χ4n) is 4.52. The molecule has 1 aliphatic heterocycles. The highest BCUT2D eigenvalue weighted by molar-refractivity contribution is 6.02. The number of nitrogens with one attached hydrogen (secondary N) is 2. The summed E-state index contributed by atoms with van der Waals surface area (Å²) in [5, 5.41) is 24.2. The fourth-order valence-corrected chi connectivity index (χ4v) is 4.52. The first-order chi connectivity index (χ1) is 16.9. The minimum atomic E-state index is -0.844. The van der Waals surface area contributed by atoms with Crippen LogP contribution in [0.1, 0.15) is 63.0 Å². The first-order valence-electron chi connectivity index (χ1n) is 12.2. The van der Waals surface area contributed by atoms with Crippen LogP contribution in [0.3, 0.4) is 0 Å². The molecule has 0 spiro atoms. The molecule has 1 heterocycles. The number of hydrogen-bond donors (Lipinski definition) is 3. The number of hydrogen-bond acceptors (Lipinski definition) is 5. The molecule has 186 valence electrons. The van der Waals surface area contributed by atoms with Gasteiger partial charge in [-0.25, -0.2) is 4.79 Å². The Morgan fingerprint density at radius 1 is 1.14 bits per heavy atom. The van der Waals surface area contributed by atoms with Crippen molar-refractivity contribution < 1.29 is 19.4 Å². The van der Waals surface area contributed by atoms with E-state index in [1.54, 1.807) is 24.3 Å². The van der Waals surface area contributed by atoms with E-state index < -0.39 is 12.0 Å². The number of ether oxygens (including phenoxy) is 1. The number of nitrogens with zero attached hydrogens (tertiary/aromatic N) is 2. The second-order valence-corrected chi connectivity index (χ2v) is 8.78. The standard InChI is InChI=1S/C27H34N4O4/c1-3-13-31(23-11-14-35-15-12-23)25-10-7-21(20(4-2)17-26(32)33)16-24(25)30-27(34)29-22-8-5-19(18-28)6-9-22/h5-10,16,20,23H,3-4,11-15,17H2,1-2H3,(H,32,33)(H2,29,30,34). The minimum Gasteiger partial charge on any atom is -0.481 e. The lowest BCUT2D eigenvalue weighted by atomic mass is 9.92. The van der Waals surface area contributed by atoms with Gasteiger partial charge in [-0.2, -0.15) is 5.26 Å². The molecule has 2 aromatic carbocycles. The van der Waals surface area contributed by atoms with Crippen molar-refractivity contribution in [1.29, 1.82) is 5.26 Å². The predicted octanol–water partition coefficient (Wildman–Crippen LogP) is 5.57. The van der Waals surface area contributed by atoms with Gasteiger partial charge in [-0.1, -0.05) is 19.9 Å². The molecule has 1 atom stereocenters. The number of rotatable bonds is 10. The molecule has 1 fully saturated rings. The van der Waals surface area contributed by atoms with Crippen LogP contribution in [0.5, 0.6) is 0 Å². The molecule has 8 nitrogen and oxygen atoms in total. The van der Waals surface area contributed by atoms with Crippen molar-refractivity contribution in [2.75, 3.05) is 35.3 Å². The zero-order valence-electron chi connectivity index (χ0n) is 20.4. The van der Waals surface area contributed by atoms with Crippen molar-refractivity contribution in [3.05, 3.63) is 53.6 Å². The van der Waals surface area contributed by atoms with Crippen molar-refractivity contribution in [3.8, 4) is 6.07 Å². The molecule has 0 radical (unpaired) electrons. The van der Waals surface area contributed by atoms with Crippen molar-refractivity contribution in [2.45, 2.75) is 57.9 Å². The van der Waals surface area contributed by atoms with Gasteiger partial charge in [-0.3, -0.25) is 4.79 Å². The Kier molecular flexibility index (Phi) is 9.50. The summed E-state index contributed by atoms with van der Waals surface area (Å²) in [6.07, 6.45) is 3.49. The zero-order chi connectivity index (χ0) is 25.2. The van der Waals surface area contributed by atoms with Crippen LogP contribution in [-0.2, 0) is 9.53 Å². The molecule has 3 N–H and O–H groups in total. The first-order valence-corrected chi connectivity index (χ1v) is 12.2. The minimum absolute atomic E-state index is 0.0331. The van der Waals surface area contributed by atoms with Crippen LogP contribution >= 0.6 is 0 Å². The second kappa shape index (κ2) is 12.8. The molecule has 1 unspecified atom stereocenters. The van der Waals surface area contributed by atoms with Gasteiger partial charge in [0, 0.05) is 31.5 Å². The van der Waals surface area contributed by atoms with Gasteiger partial charge in [0.05, 0.1) is 29.4 Å². The lowest BCUT2D eigenvalue weighted by Crippen LogP contribution is -2.40. The maximum absolute atomic E-state index is 13.0. The maximum atomic E-state index is 13.0. The van der Waals surface area contributed by atoms with E-state index in [4.69, 9.17) is 10.00 Å². The Bertz CT molecular complexity index is 1040. The summed E-state index contributed by atoms with van der Waals surface area (Å²) in [4.78, 5) is 26.7. The van der Waals surface area contributed by atoms with E-state index in [0.29, 0.717) is 42.6 Å². The number of benzene rings is 2. The average Bonchev–Trinajstić information content (AvgIpc) is 2.87. The Morgan fingerprint density at radius 3 is 2.46 bits per heavy atom. The third-order valence-corrected chi connectivity index (χ3v) is 6.33. The Balaban J connectivity index is 1.92. The highest BCUT2D eigenvalue weighted by Gasteiger charge is 2.25. The Morgan fingerprint density at radius 2 is 1.86 bits per heavy atom. The van der Waals surface area contributed by atoms with Crippen molar-refractivity contribution >= 4 is 29.1 Å². The smallest absolute Gasteiger partial charge is 0.323 e. The molecule has 0 aromatic heterocycles. The van der Waals surface area contributed by atoms with Gasteiger partial charge in [-0.05, 0) is 73.6 Å². The largest absolute Gasteiger partial charge is 0.481 e. The summed E-state index contributed by atoms with van der Waals surface area (Å²) in [6, 6.07) is 14.5. The molecule has 2 aromatic rings. The van der Waals surface area contributed by atoms with E-state index >= 15 is 0 Å². The van der Waals surface area contributed by atoms with Gasteiger partial charge >= 0.3 is 12.0 Å². The summed E-state index contributed by atoms with van der Waals surface area (Å²) < 4.78 is 5.56. The summed E-state index contributed by atoms with van der Waals surface area (Å²) in [5.41, 5.74) is 3.55. The molecule has 3 rings (SSSR count). The van der Waals surface area contributed by atoms with E-state index in [0.717, 1.165) is 37.1 Å². The molecule has 1 aliphatic rings. The summed E-state index contributed by atoms with van der Waals surface area (Å²) in [5.74, 6) is -0.991. The van der Waals surface area contributed by atoms with E-state index in [9.17, 15) is 14.7 Å². The molecule has 0 bridgehead atoms. The van der Waals surface area contributed by atoms with Crippen LogP contribution < -0.4 is 15.5 Å². The Hall–Kier alpha value is -3.57. The molecule has 0 aliphatic carbocycles. The maximum Gasteiger partial charge on any atom is 0.323 e. The molecule has 0 saturated carbocycles. The molecule has 8 heteroatoms. The average molecular weight is 479 g/mol. The summed E-state index contributed by atoms with van der Waals surface area (Å²) >= 11 is 0. The number of carboxylic acids is 1. The quantitative estimate of drug-likeness (QED) is 0.411. The van der Waals surface area contributed by atoms with Gasteiger partial charge in [-0.15, -0.1) is 0 Å². The molecule has 2 amide bonds. The van der Waals surface area contributed by atoms with Gasteiger partial charge in [0.2, 0.25) is 0 Å². The SMILES string of the molecule is CCCN(c1ccc(C(CC)CC(=O)O)cc1NC(=O)Nc1ccc(C#N)cc1)C1CCOCC1. The molecular weight excluding hydrogens is 444 g/mol. The predicted molar refractivity (Wildman–Crippen MR) is 137 cm³/mol. The second-order valence-electron chi connectivity index (χ2n) is 8.78. The van der Waals surface area contributed by atoms with E-state index in [2.05, 4.69) is 28.5 Å². The lowest BCUT2D eigenvalue weighted by molar-refractivity contribution is -0.137.